The van der Waals surface area contributed by atoms with Crippen molar-refractivity contribution in [1.82, 2.24) is 10.2 Å². The Balaban J connectivity index is 2.57. The molecule has 1 saturated heterocycles. The molecule has 1 aliphatic rings. The molecule has 1 heterocycles. The highest BCUT2D eigenvalue weighted by Crippen LogP contribution is 2.09. The van der Waals surface area contributed by atoms with Crippen molar-refractivity contribution >= 4 is 17.8 Å². The molecule has 0 aliphatic carbocycles. The number of ether oxygens (including phenoxy) is 1. The maximum atomic E-state index is 11.5. The Bertz CT molecular complexity index is 329. The van der Waals surface area contributed by atoms with Gasteiger partial charge in [-0.25, -0.2) is 0 Å². The molecule has 2 atom stereocenters. The summed E-state index contributed by atoms with van der Waals surface area (Å²) in [5.74, 6) is -1.31. The number of hydrogen-bond acceptors (Lipinski definition) is 5. The number of hydrogen-bond donors (Lipinski definition) is 1. The highest BCUT2D eigenvalue weighted by molar-refractivity contribution is 6.00. The fraction of sp³-hybridized carbons (Fsp3) is 0.727. The minimum absolute atomic E-state index is 0.136. The first kappa shape index (κ1) is 13.6. The molecule has 0 bridgehead atoms. The van der Waals surface area contributed by atoms with E-state index in [9.17, 15) is 14.4 Å². The summed E-state index contributed by atoms with van der Waals surface area (Å²) < 4.78 is 4.88. The summed E-state index contributed by atoms with van der Waals surface area (Å²) in [6.07, 6.45) is 0. The molecular formula is C11H18N2O4. The second-order valence-corrected chi connectivity index (χ2v) is 4.17. The number of imide groups is 1. The van der Waals surface area contributed by atoms with Crippen LogP contribution in [0.1, 0.15) is 20.8 Å². The van der Waals surface area contributed by atoms with Gasteiger partial charge in [-0.2, -0.15) is 0 Å². The first-order valence-corrected chi connectivity index (χ1v) is 5.70. The molecule has 2 amide bonds. The molecular weight excluding hydrogens is 224 g/mol. The molecule has 2 unspecified atom stereocenters. The van der Waals surface area contributed by atoms with E-state index in [4.69, 9.17) is 4.74 Å². The van der Waals surface area contributed by atoms with Crippen LogP contribution in [0.4, 0.5) is 0 Å². The highest BCUT2D eigenvalue weighted by Gasteiger charge is 2.32. The van der Waals surface area contributed by atoms with Gasteiger partial charge in [-0.05, 0) is 13.8 Å². The van der Waals surface area contributed by atoms with Crippen molar-refractivity contribution in [2.75, 3.05) is 19.7 Å². The molecule has 1 aliphatic heterocycles. The van der Waals surface area contributed by atoms with Crippen molar-refractivity contribution < 1.29 is 19.1 Å². The Hall–Kier alpha value is -1.43. The lowest BCUT2D eigenvalue weighted by Gasteiger charge is -2.32. The molecule has 1 N–H and O–H groups in total. The van der Waals surface area contributed by atoms with Crippen LogP contribution in [0.25, 0.3) is 0 Å². The zero-order chi connectivity index (χ0) is 13.0. The number of rotatable bonds is 4. The van der Waals surface area contributed by atoms with E-state index >= 15 is 0 Å². The van der Waals surface area contributed by atoms with E-state index in [0.29, 0.717) is 13.2 Å². The van der Waals surface area contributed by atoms with E-state index in [0.717, 1.165) is 0 Å². The number of piperazine rings is 1. The first-order chi connectivity index (χ1) is 7.95. The number of carbonyl (C=O) groups is 3. The summed E-state index contributed by atoms with van der Waals surface area (Å²) in [6.45, 7) is 5.99. The lowest BCUT2D eigenvalue weighted by Crippen LogP contribution is -2.57. The molecule has 17 heavy (non-hydrogen) atoms. The normalized spacial score (nSPS) is 23.1. The third-order valence-corrected chi connectivity index (χ3v) is 2.73. The average Bonchev–Trinajstić information content (AvgIpc) is 2.25. The Morgan fingerprint density at radius 2 is 2.24 bits per heavy atom. The van der Waals surface area contributed by atoms with Crippen molar-refractivity contribution in [3.63, 3.8) is 0 Å². The Morgan fingerprint density at radius 1 is 1.59 bits per heavy atom. The lowest BCUT2D eigenvalue weighted by molar-refractivity contribution is -0.150. The predicted molar refractivity (Wildman–Crippen MR) is 60.0 cm³/mol. The van der Waals surface area contributed by atoms with Crippen molar-refractivity contribution in [3.8, 4) is 0 Å². The van der Waals surface area contributed by atoms with Crippen LogP contribution in [0.3, 0.4) is 0 Å². The van der Waals surface area contributed by atoms with Gasteiger partial charge in [-0.3, -0.25) is 24.6 Å². The fourth-order valence-electron chi connectivity index (χ4n) is 1.70. The van der Waals surface area contributed by atoms with E-state index in [1.54, 1.807) is 25.7 Å². The van der Waals surface area contributed by atoms with Gasteiger partial charge in [0.05, 0.1) is 25.1 Å². The maximum Gasteiger partial charge on any atom is 0.309 e. The predicted octanol–water partition coefficient (Wildman–Crippen LogP) is -0.467. The van der Waals surface area contributed by atoms with Crippen molar-refractivity contribution in [1.29, 1.82) is 0 Å². The number of esters is 1. The SMILES string of the molecule is CCOC(=O)C(C)CN1CC(=O)NC(=O)C1C. The fourth-order valence-corrected chi connectivity index (χ4v) is 1.70. The quantitative estimate of drug-likeness (QED) is 0.533. The topological polar surface area (TPSA) is 75.7 Å². The monoisotopic (exact) mass is 242 g/mol. The van der Waals surface area contributed by atoms with Crippen LogP contribution in [0.15, 0.2) is 0 Å². The lowest BCUT2D eigenvalue weighted by atomic mass is 10.1. The van der Waals surface area contributed by atoms with E-state index < -0.39 is 6.04 Å². The Morgan fingerprint density at radius 3 is 2.82 bits per heavy atom. The molecule has 0 saturated carbocycles. The third-order valence-electron chi connectivity index (χ3n) is 2.73. The van der Waals surface area contributed by atoms with Crippen molar-refractivity contribution in [2.45, 2.75) is 26.8 Å². The van der Waals surface area contributed by atoms with Crippen LogP contribution >= 0.6 is 0 Å². The number of nitrogens with zero attached hydrogens (tertiary/aromatic N) is 1. The Kier molecular flexibility index (Phi) is 4.62. The molecule has 6 heteroatoms. The smallest absolute Gasteiger partial charge is 0.309 e. The largest absolute Gasteiger partial charge is 0.466 e. The second kappa shape index (κ2) is 5.77. The van der Waals surface area contributed by atoms with E-state index in [1.807, 2.05) is 0 Å². The molecule has 0 aromatic rings. The van der Waals surface area contributed by atoms with Gasteiger partial charge in [0.25, 0.3) is 0 Å². The average molecular weight is 242 g/mol. The van der Waals surface area contributed by atoms with E-state index in [2.05, 4.69) is 5.32 Å². The van der Waals surface area contributed by atoms with Gasteiger partial charge in [0.1, 0.15) is 0 Å². The summed E-state index contributed by atoms with van der Waals surface area (Å²) >= 11 is 0. The van der Waals surface area contributed by atoms with E-state index in [1.165, 1.54) is 0 Å². The molecule has 1 fully saturated rings. The molecule has 0 spiro atoms. The summed E-state index contributed by atoms with van der Waals surface area (Å²) in [5.41, 5.74) is 0. The van der Waals surface area contributed by atoms with Gasteiger partial charge >= 0.3 is 5.97 Å². The summed E-state index contributed by atoms with van der Waals surface area (Å²) in [5, 5.41) is 2.25. The molecule has 0 radical (unpaired) electrons. The second-order valence-electron chi connectivity index (χ2n) is 4.17. The number of nitrogens with one attached hydrogen (secondary N) is 1. The third kappa shape index (κ3) is 3.52. The van der Waals surface area contributed by atoms with Crippen LogP contribution < -0.4 is 5.32 Å². The molecule has 0 aromatic carbocycles. The zero-order valence-corrected chi connectivity index (χ0v) is 10.4. The highest BCUT2D eigenvalue weighted by atomic mass is 16.5. The van der Waals surface area contributed by atoms with Gasteiger partial charge in [-0.15, -0.1) is 0 Å². The molecule has 1 rings (SSSR count). The van der Waals surface area contributed by atoms with Crippen LogP contribution in [0, 0.1) is 5.92 Å². The van der Waals surface area contributed by atoms with Crippen LogP contribution in [-0.2, 0) is 19.1 Å². The number of carbonyl (C=O) groups excluding carboxylic acids is 3. The van der Waals surface area contributed by atoms with Gasteiger partial charge in [0, 0.05) is 6.54 Å². The van der Waals surface area contributed by atoms with E-state index in [-0.39, 0.29) is 30.2 Å². The minimum Gasteiger partial charge on any atom is -0.466 e. The molecule has 96 valence electrons. The molecule has 0 aromatic heterocycles. The van der Waals surface area contributed by atoms with Crippen molar-refractivity contribution in [2.24, 2.45) is 5.92 Å². The van der Waals surface area contributed by atoms with Gasteiger partial charge in [0.2, 0.25) is 11.8 Å². The summed E-state index contributed by atoms with van der Waals surface area (Å²) in [7, 11) is 0. The maximum absolute atomic E-state index is 11.5. The van der Waals surface area contributed by atoms with Crippen molar-refractivity contribution in [3.05, 3.63) is 0 Å². The van der Waals surface area contributed by atoms with Gasteiger partial charge in [-0.1, -0.05) is 6.92 Å². The van der Waals surface area contributed by atoms with Crippen LogP contribution in [-0.4, -0.2) is 48.4 Å². The van der Waals surface area contributed by atoms with Gasteiger partial charge in [0.15, 0.2) is 0 Å². The Labute approximate surface area is 100 Å². The van der Waals surface area contributed by atoms with Crippen LogP contribution in [0.2, 0.25) is 0 Å². The summed E-state index contributed by atoms with van der Waals surface area (Å²) in [4.78, 5) is 35.8. The molecule has 6 nitrogen and oxygen atoms in total. The zero-order valence-electron chi connectivity index (χ0n) is 10.4. The van der Waals surface area contributed by atoms with Gasteiger partial charge < -0.3 is 4.74 Å². The van der Waals surface area contributed by atoms with Crippen LogP contribution in [0.5, 0.6) is 0 Å². The number of amides is 2. The standard InChI is InChI=1S/C11H18N2O4/c1-4-17-11(16)7(2)5-13-6-9(14)12-10(15)8(13)3/h7-8H,4-6H2,1-3H3,(H,12,14,15). The summed E-state index contributed by atoms with van der Waals surface area (Å²) in [6, 6.07) is -0.399. The minimum atomic E-state index is -0.399. The first-order valence-electron chi connectivity index (χ1n) is 5.70.